The third-order valence-electron chi connectivity index (χ3n) is 4.50. The van der Waals surface area contributed by atoms with Crippen LogP contribution in [0.4, 0.5) is 0 Å². The van der Waals surface area contributed by atoms with Crippen LogP contribution in [0.15, 0.2) is 46.8 Å². The highest BCUT2D eigenvalue weighted by Crippen LogP contribution is 2.23. The zero-order valence-electron chi connectivity index (χ0n) is 16.3. The SMILES string of the molecule is CCNC(=NCC(=O)N1CCc2sccc2C1)NCCCOc1ccccc1. The first-order valence-corrected chi connectivity index (χ1v) is 10.7. The highest BCUT2D eigenvalue weighted by molar-refractivity contribution is 7.10. The number of carbonyl (C=O) groups excluding carboxylic acids is 1. The zero-order valence-corrected chi connectivity index (χ0v) is 17.1. The first-order chi connectivity index (χ1) is 13.8. The summed E-state index contributed by atoms with van der Waals surface area (Å²) in [6.45, 7) is 5.77. The van der Waals surface area contributed by atoms with Crippen LogP contribution < -0.4 is 15.4 Å². The molecule has 0 aliphatic carbocycles. The fourth-order valence-corrected chi connectivity index (χ4v) is 3.93. The fourth-order valence-electron chi connectivity index (χ4n) is 3.04. The van der Waals surface area contributed by atoms with Crippen molar-refractivity contribution in [1.82, 2.24) is 15.5 Å². The number of aliphatic imine (C=N–C) groups is 1. The molecule has 3 rings (SSSR count). The summed E-state index contributed by atoms with van der Waals surface area (Å²) >= 11 is 1.78. The minimum Gasteiger partial charge on any atom is -0.494 e. The quantitative estimate of drug-likeness (QED) is 0.406. The van der Waals surface area contributed by atoms with Gasteiger partial charge in [0, 0.05) is 31.1 Å². The van der Waals surface area contributed by atoms with E-state index < -0.39 is 0 Å². The van der Waals surface area contributed by atoms with Crippen molar-refractivity contribution in [3.05, 3.63) is 52.2 Å². The van der Waals surface area contributed by atoms with Crippen molar-refractivity contribution in [3.8, 4) is 5.75 Å². The Morgan fingerprint density at radius 1 is 1.25 bits per heavy atom. The van der Waals surface area contributed by atoms with Gasteiger partial charge < -0.3 is 20.3 Å². The van der Waals surface area contributed by atoms with Gasteiger partial charge in [-0.05, 0) is 48.9 Å². The van der Waals surface area contributed by atoms with E-state index in [2.05, 4.69) is 27.1 Å². The van der Waals surface area contributed by atoms with Crippen molar-refractivity contribution in [3.63, 3.8) is 0 Å². The molecule has 28 heavy (non-hydrogen) atoms. The molecule has 2 heterocycles. The molecule has 0 unspecified atom stereocenters. The standard InChI is InChI=1S/C21H28N4O2S/c1-2-22-21(23-11-6-13-27-18-7-4-3-5-8-18)24-15-20(26)25-12-9-19-17(16-25)10-14-28-19/h3-5,7-8,10,14H,2,6,9,11-13,15-16H2,1H3,(H2,22,23,24). The zero-order chi connectivity index (χ0) is 19.6. The maximum absolute atomic E-state index is 12.5. The van der Waals surface area contributed by atoms with Gasteiger partial charge >= 0.3 is 0 Å². The number of amides is 1. The van der Waals surface area contributed by atoms with Crippen LogP contribution in [0.5, 0.6) is 5.75 Å². The Kier molecular flexibility index (Phi) is 7.72. The maximum Gasteiger partial charge on any atom is 0.244 e. The predicted molar refractivity (Wildman–Crippen MR) is 114 cm³/mol. The summed E-state index contributed by atoms with van der Waals surface area (Å²) < 4.78 is 5.69. The number of fused-ring (bicyclic) bond motifs is 1. The van der Waals surface area contributed by atoms with Gasteiger partial charge in [-0.1, -0.05) is 18.2 Å². The van der Waals surface area contributed by atoms with Gasteiger partial charge in [0.25, 0.3) is 0 Å². The summed E-state index contributed by atoms with van der Waals surface area (Å²) in [5.74, 6) is 1.62. The van der Waals surface area contributed by atoms with Crippen LogP contribution in [0.1, 0.15) is 23.8 Å². The van der Waals surface area contributed by atoms with Crippen LogP contribution in [-0.4, -0.2) is 49.6 Å². The monoisotopic (exact) mass is 400 g/mol. The number of nitrogens with zero attached hydrogens (tertiary/aromatic N) is 2. The summed E-state index contributed by atoms with van der Waals surface area (Å²) in [7, 11) is 0. The van der Waals surface area contributed by atoms with Gasteiger partial charge in [0.05, 0.1) is 6.61 Å². The van der Waals surface area contributed by atoms with Gasteiger partial charge in [0.1, 0.15) is 12.3 Å². The maximum atomic E-state index is 12.5. The molecule has 0 atom stereocenters. The molecule has 1 aromatic carbocycles. The van der Waals surface area contributed by atoms with Crippen molar-refractivity contribution in [2.24, 2.45) is 4.99 Å². The molecule has 2 N–H and O–H groups in total. The summed E-state index contributed by atoms with van der Waals surface area (Å²) in [6, 6.07) is 11.9. The molecule has 7 heteroatoms. The van der Waals surface area contributed by atoms with E-state index in [4.69, 9.17) is 4.74 Å². The van der Waals surface area contributed by atoms with E-state index >= 15 is 0 Å². The van der Waals surface area contributed by atoms with E-state index in [0.29, 0.717) is 19.1 Å². The Hall–Kier alpha value is -2.54. The average Bonchev–Trinajstić information content (AvgIpc) is 3.20. The molecule has 0 spiro atoms. The Balaban J connectivity index is 1.40. The van der Waals surface area contributed by atoms with Crippen LogP contribution in [0.3, 0.4) is 0 Å². The van der Waals surface area contributed by atoms with E-state index in [1.165, 1.54) is 10.4 Å². The van der Waals surface area contributed by atoms with Crippen molar-refractivity contribution >= 4 is 23.2 Å². The van der Waals surface area contributed by atoms with Gasteiger partial charge in [0.15, 0.2) is 5.96 Å². The average molecular weight is 401 g/mol. The minimum atomic E-state index is 0.0708. The van der Waals surface area contributed by atoms with E-state index in [0.717, 1.165) is 38.2 Å². The number of rotatable bonds is 8. The number of benzene rings is 1. The fraction of sp³-hybridized carbons (Fsp3) is 0.429. The first kappa shape index (κ1) is 20.2. The molecule has 1 aliphatic heterocycles. The number of carbonyl (C=O) groups is 1. The molecule has 0 saturated carbocycles. The second-order valence-electron chi connectivity index (χ2n) is 6.57. The Morgan fingerprint density at radius 3 is 2.93 bits per heavy atom. The third-order valence-corrected chi connectivity index (χ3v) is 5.53. The van der Waals surface area contributed by atoms with Crippen molar-refractivity contribution in [1.29, 1.82) is 0 Å². The molecule has 0 saturated heterocycles. The van der Waals surface area contributed by atoms with Crippen LogP contribution in [-0.2, 0) is 17.8 Å². The lowest BCUT2D eigenvalue weighted by Gasteiger charge is -2.26. The van der Waals surface area contributed by atoms with Gasteiger partial charge in [-0.2, -0.15) is 0 Å². The smallest absolute Gasteiger partial charge is 0.244 e. The second-order valence-corrected chi connectivity index (χ2v) is 7.57. The highest BCUT2D eigenvalue weighted by atomic mass is 32.1. The number of guanidine groups is 1. The van der Waals surface area contributed by atoms with Gasteiger partial charge in [-0.15, -0.1) is 11.3 Å². The summed E-state index contributed by atoms with van der Waals surface area (Å²) in [4.78, 5) is 20.3. The number of thiophene rings is 1. The number of hydrogen-bond donors (Lipinski definition) is 2. The third kappa shape index (κ3) is 5.99. The summed E-state index contributed by atoms with van der Waals surface area (Å²) in [5.41, 5.74) is 1.28. The lowest BCUT2D eigenvalue weighted by molar-refractivity contribution is -0.130. The molecule has 0 fully saturated rings. The van der Waals surface area contributed by atoms with Gasteiger partial charge in [-0.25, -0.2) is 4.99 Å². The van der Waals surface area contributed by atoms with Crippen LogP contribution >= 0.6 is 11.3 Å². The molecular formula is C21H28N4O2S. The van der Waals surface area contributed by atoms with Gasteiger partial charge in [0.2, 0.25) is 5.91 Å². The van der Waals surface area contributed by atoms with Crippen molar-refractivity contribution < 1.29 is 9.53 Å². The Bertz CT molecular complexity index is 776. The van der Waals surface area contributed by atoms with Gasteiger partial charge in [-0.3, -0.25) is 4.79 Å². The number of nitrogens with one attached hydrogen (secondary N) is 2. The topological polar surface area (TPSA) is 66.0 Å². The number of para-hydroxylation sites is 1. The van der Waals surface area contributed by atoms with Crippen LogP contribution in [0, 0.1) is 0 Å². The Morgan fingerprint density at radius 2 is 2.11 bits per heavy atom. The molecule has 1 aliphatic rings. The Labute approximate surface area is 170 Å². The molecule has 0 bridgehead atoms. The normalized spacial score (nSPS) is 13.8. The molecule has 6 nitrogen and oxygen atoms in total. The van der Waals surface area contributed by atoms with Crippen LogP contribution in [0.25, 0.3) is 0 Å². The summed E-state index contributed by atoms with van der Waals surface area (Å²) in [6.07, 6.45) is 1.79. The molecule has 1 amide bonds. The van der Waals surface area contributed by atoms with Crippen molar-refractivity contribution in [2.45, 2.75) is 26.3 Å². The number of hydrogen-bond acceptors (Lipinski definition) is 4. The number of ether oxygens (including phenoxy) is 1. The van der Waals surface area contributed by atoms with Crippen LogP contribution in [0.2, 0.25) is 0 Å². The lowest BCUT2D eigenvalue weighted by Crippen LogP contribution is -2.40. The van der Waals surface area contributed by atoms with Crippen molar-refractivity contribution in [2.75, 3.05) is 32.8 Å². The minimum absolute atomic E-state index is 0.0708. The molecule has 150 valence electrons. The molecular weight excluding hydrogens is 372 g/mol. The largest absolute Gasteiger partial charge is 0.494 e. The molecule has 2 aromatic rings. The first-order valence-electron chi connectivity index (χ1n) is 9.79. The highest BCUT2D eigenvalue weighted by Gasteiger charge is 2.21. The summed E-state index contributed by atoms with van der Waals surface area (Å²) in [5, 5.41) is 8.56. The van der Waals surface area contributed by atoms with E-state index in [-0.39, 0.29) is 12.5 Å². The van der Waals surface area contributed by atoms with E-state index in [1.807, 2.05) is 42.2 Å². The predicted octanol–water partition coefficient (Wildman–Crippen LogP) is 2.66. The second kappa shape index (κ2) is 10.7. The lowest BCUT2D eigenvalue weighted by atomic mass is 10.1. The van der Waals surface area contributed by atoms with E-state index in [9.17, 15) is 4.79 Å². The molecule has 1 aromatic heterocycles. The molecule has 0 radical (unpaired) electrons. The van der Waals surface area contributed by atoms with E-state index in [1.54, 1.807) is 11.3 Å².